The van der Waals surface area contributed by atoms with E-state index in [-0.39, 0.29) is 0 Å². The van der Waals surface area contributed by atoms with Gasteiger partial charge in [-0.25, -0.2) is 0 Å². The van der Waals surface area contributed by atoms with Crippen molar-refractivity contribution < 1.29 is 14.1 Å². The summed E-state index contributed by atoms with van der Waals surface area (Å²) >= 11 is 0. The fourth-order valence-corrected chi connectivity index (χ4v) is 3.37. The van der Waals surface area contributed by atoms with Crippen LogP contribution in [0.1, 0.15) is 59.1 Å². The van der Waals surface area contributed by atoms with E-state index in [9.17, 15) is 9.59 Å². The number of nitrogens with zero attached hydrogens (tertiary/aromatic N) is 4. The van der Waals surface area contributed by atoms with Crippen molar-refractivity contribution in [2.75, 3.05) is 0 Å². The highest BCUT2D eigenvalue weighted by molar-refractivity contribution is 6.43. The van der Waals surface area contributed by atoms with Crippen LogP contribution in [0.5, 0.6) is 0 Å². The number of aromatic nitrogens is 4. The number of hydrogen-bond acceptors (Lipinski definition) is 6. The average Bonchev–Trinajstić information content (AvgIpc) is 3.21. The van der Waals surface area contributed by atoms with E-state index >= 15 is 0 Å². The molecule has 0 aliphatic heterocycles. The van der Waals surface area contributed by atoms with E-state index in [4.69, 9.17) is 4.52 Å². The number of aryl methyl sites for hydroxylation is 3. The maximum atomic E-state index is 12.6. The first-order valence-electron chi connectivity index (χ1n) is 8.02. The lowest BCUT2D eigenvalue weighted by atomic mass is 9.95. The molecule has 1 N–H and O–H groups in total. The molecular formula is C16H21N5O3. The standard InChI is InChI=1S/C16H21N5O3/c1-9-12(10(2)21(4)19-9)13(22)14(23)18-16(7-5-6-8-16)15-17-11(3)24-20-15/h5-8H2,1-4H3,(H,18,23). The van der Waals surface area contributed by atoms with Crippen LogP contribution in [0.4, 0.5) is 0 Å². The van der Waals surface area contributed by atoms with Gasteiger partial charge in [0, 0.05) is 19.7 Å². The highest BCUT2D eigenvalue weighted by Gasteiger charge is 2.42. The van der Waals surface area contributed by atoms with E-state index in [1.54, 1.807) is 32.5 Å². The van der Waals surface area contributed by atoms with Gasteiger partial charge in [-0.15, -0.1) is 0 Å². The Kier molecular flexibility index (Phi) is 3.98. The molecule has 2 aromatic heterocycles. The van der Waals surface area contributed by atoms with Gasteiger partial charge in [0.1, 0.15) is 5.54 Å². The topological polar surface area (TPSA) is 103 Å². The molecule has 0 radical (unpaired) electrons. The Morgan fingerprint density at radius 2 is 1.88 bits per heavy atom. The average molecular weight is 331 g/mol. The Labute approximate surface area is 139 Å². The van der Waals surface area contributed by atoms with Crippen molar-refractivity contribution in [2.24, 2.45) is 7.05 Å². The molecule has 0 unspecified atom stereocenters. The lowest BCUT2D eigenvalue weighted by molar-refractivity contribution is -0.119. The van der Waals surface area contributed by atoms with Crippen LogP contribution in [0.25, 0.3) is 0 Å². The van der Waals surface area contributed by atoms with Gasteiger partial charge < -0.3 is 9.84 Å². The summed E-state index contributed by atoms with van der Waals surface area (Å²) in [7, 11) is 1.75. The Morgan fingerprint density at radius 3 is 2.38 bits per heavy atom. The molecule has 1 saturated carbocycles. The molecule has 1 aliphatic rings. The summed E-state index contributed by atoms with van der Waals surface area (Å²) < 4.78 is 6.66. The van der Waals surface area contributed by atoms with Crippen molar-refractivity contribution in [3.8, 4) is 0 Å². The molecule has 0 spiro atoms. The zero-order valence-corrected chi connectivity index (χ0v) is 14.3. The van der Waals surface area contributed by atoms with Crippen LogP contribution in [0, 0.1) is 20.8 Å². The number of amides is 1. The van der Waals surface area contributed by atoms with Gasteiger partial charge in [0.05, 0.1) is 11.3 Å². The van der Waals surface area contributed by atoms with Crippen molar-refractivity contribution in [1.82, 2.24) is 25.2 Å². The summed E-state index contributed by atoms with van der Waals surface area (Å²) in [6.45, 7) is 5.20. The molecule has 2 aromatic rings. The van der Waals surface area contributed by atoms with Crippen LogP contribution in [0.15, 0.2) is 4.52 Å². The third kappa shape index (κ3) is 2.61. The van der Waals surface area contributed by atoms with Crippen molar-refractivity contribution in [3.63, 3.8) is 0 Å². The van der Waals surface area contributed by atoms with E-state index in [1.807, 2.05) is 0 Å². The van der Waals surface area contributed by atoms with Gasteiger partial charge >= 0.3 is 0 Å². The first-order chi connectivity index (χ1) is 11.3. The van der Waals surface area contributed by atoms with Gasteiger partial charge in [-0.2, -0.15) is 10.1 Å². The maximum absolute atomic E-state index is 12.6. The summed E-state index contributed by atoms with van der Waals surface area (Å²) in [4.78, 5) is 29.5. The predicted molar refractivity (Wildman–Crippen MR) is 84.3 cm³/mol. The highest BCUT2D eigenvalue weighted by atomic mass is 16.5. The van der Waals surface area contributed by atoms with Gasteiger partial charge in [-0.05, 0) is 26.7 Å². The highest BCUT2D eigenvalue weighted by Crippen LogP contribution is 2.37. The minimum absolute atomic E-state index is 0.354. The third-order valence-electron chi connectivity index (χ3n) is 4.71. The van der Waals surface area contributed by atoms with Gasteiger partial charge in [-0.1, -0.05) is 18.0 Å². The minimum atomic E-state index is -0.728. The summed E-state index contributed by atoms with van der Waals surface area (Å²) in [5.41, 5.74) is 0.844. The largest absolute Gasteiger partial charge is 0.340 e. The Balaban J connectivity index is 1.88. The number of carbonyl (C=O) groups is 2. The van der Waals surface area contributed by atoms with Crippen LogP contribution >= 0.6 is 0 Å². The quantitative estimate of drug-likeness (QED) is 0.672. The third-order valence-corrected chi connectivity index (χ3v) is 4.71. The number of ketones is 1. The van der Waals surface area contributed by atoms with E-state index < -0.39 is 17.2 Å². The molecule has 0 atom stereocenters. The molecule has 1 aliphatic carbocycles. The monoisotopic (exact) mass is 331 g/mol. The second kappa shape index (κ2) is 5.85. The predicted octanol–water partition coefficient (Wildman–Crippen LogP) is 1.50. The van der Waals surface area contributed by atoms with E-state index in [0.717, 1.165) is 12.8 Å². The fourth-order valence-electron chi connectivity index (χ4n) is 3.37. The van der Waals surface area contributed by atoms with Crippen molar-refractivity contribution >= 4 is 11.7 Å². The van der Waals surface area contributed by atoms with Crippen LogP contribution in [-0.2, 0) is 17.4 Å². The van der Waals surface area contributed by atoms with E-state index in [0.29, 0.717) is 41.5 Å². The zero-order valence-electron chi connectivity index (χ0n) is 14.3. The van der Waals surface area contributed by atoms with Crippen LogP contribution in [-0.4, -0.2) is 31.6 Å². The normalized spacial score (nSPS) is 16.3. The van der Waals surface area contributed by atoms with Gasteiger partial charge in [0.2, 0.25) is 5.89 Å². The molecule has 0 bridgehead atoms. The van der Waals surface area contributed by atoms with Gasteiger partial charge in [0.15, 0.2) is 5.82 Å². The van der Waals surface area contributed by atoms with Crippen LogP contribution < -0.4 is 5.32 Å². The number of carbonyl (C=O) groups excluding carboxylic acids is 2. The zero-order chi connectivity index (χ0) is 17.5. The summed E-state index contributed by atoms with van der Waals surface area (Å²) in [5.74, 6) is -0.350. The number of hydrogen-bond donors (Lipinski definition) is 1. The van der Waals surface area contributed by atoms with E-state index in [1.165, 1.54) is 0 Å². The molecule has 8 heteroatoms. The molecule has 8 nitrogen and oxygen atoms in total. The summed E-state index contributed by atoms with van der Waals surface area (Å²) in [6.07, 6.45) is 3.26. The van der Waals surface area contributed by atoms with Crippen molar-refractivity contribution in [2.45, 2.75) is 52.0 Å². The second-order valence-corrected chi connectivity index (χ2v) is 6.38. The van der Waals surface area contributed by atoms with Crippen LogP contribution in [0.2, 0.25) is 0 Å². The Morgan fingerprint density at radius 1 is 1.21 bits per heavy atom. The van der Waals surface area contributed by atoms with Crippen molar-refractivity contribution in [1.29, 1.82) is 0 Å². The van der Waals surface area contributed by atoms with Crippen LogP contribution in [0.3, 0.4) is 0 Å². The smallest absolute Gasteiger partial charge is 0.293 e. The molecule has 0 aromatic carbocycles. The number of nitrogens with one attached hydrogen (secondary N) is 1. The molecule has 1 fully saturated rings. The number of rotatable bonds is 4. The molecule has 128 valence electrons. The first kappa shape index (κ1) is 16.4. The summed E-state index contributed by atoms with van der Waals surface area (Å²) in [5, 5.41) is 11.0. The lowest BCUT2D eigenvalue weighted by Gasteiger charge is -2.26. The fraction of sp³-hybridized carbons (Fsp3) is 0.562. The first-order valence-corrected chi connectivity index (χ1v) is 8.02. The van der Waals surface area contributed by atoms with Crippen molar-refractivity contribution in [3.05, 3.63) is 28.7 Å². The molecule has 3 rings (SSSR count). The maximum Gasteiger partial charge on any atom is 0.293 e. The SMILES string of the molecule is Cc1nc(C2(NC(=O)C(=O)c3c(C)nn(C)c3C)CCCC2)no1. The Hall–Kier alpha value is -2.51. The minimum Gasteiger partial charge on any atom is -0.340 e. The molecule has 2 heterocycles. The molecule has 24 heavy (non-hydrogen) atoms. The van der Waals surface area contributed by atoms with Gasteiger partial charge in [0.25, 0.3) is 11.7 Å². The molecule has 1 amide bonds. The molecular weight excluding hydrogens is 310 g/mol. The Bertz CT molecular complexity index is 799. The summed E-state index contributed by atoms with van der Waals surface area (Å²) in [6, 6.07) is 0. The van der Waals surface area contributed by atoms with E-state index in [2.05, 4.69) is 20.6 Å². The second-order valence-electron chi connectivity index (χ2n) is 6.38. The lowest BCUT2D eigenvalue weighted by Crippen LogP contribution is -2.47. The van der Waals surface area contributed by atoms with Gasteiger partial charge in [-0.3, -0.25) is 14.3 Å². The number of Topliss-reactive ketones (excluding diaryl/α,β-unsaturated/α-hetero) is 1. The molecule has 0 saturated heterocycles.